The van der Waals surface area contributed by atoms with Crippen molar-refractivity contribution in [2.75, 3.05) is 11.1 Å². The molecule has 21 heavy (non-hydrogen) atoms. The predicted molar refractivity (Wildman–Crippen MR) is 86.1 cm³/mol. The SMILES string of the molecule is Cc1ccc(CCCC(=O)Nc2ccc(N)c(C)n2)cc1. The zero-order valence-electron chi connectivity index (χ0n) is 12.5. The molecule has 0 aliphatic heterocycles. The number of hydrogen-bond acceptors (Lipinski definition) is 3. The van der Waals surface area contributed by atoms with Crippen molar-refractivity contribution in [2.45, 2.75) is 33.1 Å². The fraction of sp³-hybridized carbons (Fsp3) is 0.294. The van der Waals surface area contributed by atoms with E-state index >= 15 is 0 Å². The molecule has 1 heterocycles. The van der Waals surface area contributed by atoms with Gasteiger partial charge in [-0.1, -0.05) is 29.8 Å². The first kappa shape index (κ1) is 15.0. The van der Waals surface area contributed by atoms with E-state index in [2.05, 4.69) is 41.5 Å². The summed E-state index contributed by atoms with van der Waals surface area (Å²) in [6.45, 7) is 3.89. The largest absolute Gasteiger partial charge is 0.397 e. The van der Waals surface area contributed by atoms with Crippen LogP contribution in [0.4, 0.5) is 11.5 Å². The monoisotopic (exact) mass is 283 g/mol. The van der Waals surface area contributed by atoms with Crippen LogP contribution in [0.15, 0.2) is 36.4 Å². The maximum absolute atomic E-state index is 11.9. The molecule has 1 aromatic heterocycles. The van der Waals surface area contributed by atoms with Crippen LogP contribution < -0.4 is 11.1 Å². The van der Waals surface area contributed by atoms with Crippen molar-refractivity contribution in [1.29, 1.82) is 0 Å². The molecule has 4 nitrogen and oxygen atoms in total. The molecule has 0 bridgehead atoms. The van der Waals surface area contributed by atoms with E-state index in [9.17, 15) is 4.79 Å². The Morgan fingerprint density at radius 2 is 1.86 bits per heavy atom. The maximum atomic E-state index is 11.9. The van der Waals surface area contributed by atoms with Gasteiger partial charge in [0.2, 0.25) is 5.91 Å². The van der Waals surface area contributed by atoms with Crippen molar-refractivity contribution in [3.8, 4) is 0 Å². The molecular formula is C17H21N3O. The minimum Gasteiger partial charge on any atom is -0.397 e. The Morgan fingerprint density at radius 3 is 2.52 bits per heavy atom. The highest BCUT2D eigenvalue weighted by molar-refractivity contribution is 5.89. The van der Waals surface area contributed by atoms with Gasteiger partial charge < -0.3 is 11.1 Å². The van der Waals surface area contributed by atoms with Crippen LogP contribution in [-0.4, -0.2) is 10.9 Å². The standard InChI is InChI=1S/C17H21N3O/c1-12-6-8-14(9-7-12)4-3-5-17(21)20-16-11-10-15(18)13(2)19-16/h6-11H,3-5,18H2,1-2H3,(H,19,20,21). The third-order valence-electron chi connectivity index (χ3n) is 3.38. The van der Waals surface area contributed by atoms with Crippen molar-refractivity contribution in [2.24, 2.45) is 0 Å². The highest BCUT2D eigenvalue weighted by Gasteiger charge is 2.05. The number of pyridine rings is 1. The van der Waals surface area contributed by atoms with Crippen LogP contribution >= 0.6 is 0 Å². The molecule has 0 aliphatic carbocycles. The van der Waals surface area contributed by atoms with Gasteiger partial charge >= 0.3 is 0 Å². The highest BCUT2D eigenvalue weighted by Crippen LogP contribution is 2.13. The summed E-state index contributed by atoms with van der Waals surface area (Å²) in [6.07, 6.45) is 2.21. The van der Waals surface area contributed by atoms with Gasteiger partial charge in [-0.05, 0) is 44.4 Å². The summed E-state index contributed by atoms with van der Waals surface area (Å²) in [6, 6.07) is 11.9. The topological polar surface area (TPSA) is 68.0 Å². The van der Waals surface area contributed by atoms with Gasteiger partial charge in [0, 0.05) is 6.42 Å². The molecule has 0 saturated heterocycles. The van der Waals surface area contributed by atoms with E-state index in [0.29, 0.717) is 17.9 Å². The molecule has 0 atom stereocenters. The van der Waals surface area contributed by atoms with Gasteiger partial charge in [0.05, 0.1) is 11.4 Å². The molecule has 1 amide bonds. The van der Waals surface area contributed by atoms with Crippen molar-refractivity contribution < 1.29 is 4.79 Å². The Kier molecular flexibility index (Phi) is 4.93. The third kappa shape index (κ3) is 4.60. The van der Waals surface area contributed by atoms with Gasteiger partial charge in [0.25, 0.3) is 0 Å². The van der Waals surface area contributed by atoms with Gasteiger partial charge in [-0.2, -0.15) is 0 Å². The average Bonchev–Trinajstić information content (AvgIpc) is 2.45. The van der Waals surface area contributed by atoms with Gasteiger partial charge in [0.1, 0.15) is 5.82 Å². The molecule has 3 N–H and O–H groups in total. The fourth-order valence-corrected chi connectivity index (χ4v) is 2.05. The van der Waals surface area contributed by atoms with Crippen LogP contribution in [0, 0.1) is 13.8 Å². The van der Waals surface area contributed by atoms with E-state index in [0.717, 1.165) is 18.5 Å². The van der Waals surface area contributed by atoms with Crippen LogP contribution in [0.5, 0.6) is 0 Å². The maximum Gasteiger partial charge on any atom is 0.225 e. The Balaban J connectivity index is 1.79. The Morgan fingerprint density at radius 1 is 1.14 bits per heavy atom. The molecule has 1 aromatic carbocycles. The van der Waals surface area contributed by atoms with Gasteiger partial charge in [-0.15, -0.1) is 0 Å². The zero-order valence-corrected chi connectivity index (χ0v) is 12.5. The first-order valence-electron chi connectivity index (χ1n) is 7.13. The first-order valence-corrected chi connectivity index (χ1v) is 7.13. The van der Waals surface area contributed by atoms with E-state index in [-0.39, 0.29) is 5.91 Å². The summed E-state index contributed by atoms with van der Waals surface area (Å²) < 4.78 is 0. The number of carbonyl (C=O) groups is 1. The minimum atomic E-state index is -0.0150. The molecule has 4 heteroatoms. The molecule has 2 aromatic rings. The molecule has 0 saturated carbocycles. The number of nitrogens with zero attached hydrogens (tertiary/aromatic N) is 1. The van der Waals surface area contributed by atoms with E-state index in [1.54, 1.807) is 12.1 Å². The van der Waals surface area contributed by atoms with E-state index < -0.39 is 0 Å². The van der Waals surface area contributed by atoms with Crippen LogP contribution in [-0.2, 0) is 11.2 Å². The van der Waals surface area contributed by atoms with E-state index in [1.807, 2.05) is 6.92 Å². The molecule has 110 valence electrons. The predicted octanol–water partition coefficient (Wildman–Crippen LogP) is 3.24. The van der Waals surface area contributed by atoms with E-state index in [1.165, 1.54) is 11.1 Å². The summed E-state index contributed by atoms with van der Waals surface area (Å²) in [5.41, 5.74) is 9.57. The number of aryl methyl sites for hydroxylation is 3. The van der Waals surface area contributed by atoms with Crippen LogP contribution in [0.25, 0.3) is 0 Å². The number of nitrogen functional groups attached to an aromatic ring is 1. The normalized spacial score (nSPS) is 10.4. The smallest absolute Gasteiger partial charge is 0.225 e. The number of rotatable bonds is 5. The Bertz CT molecular complexity index is 620. The van der Waals surface area contributed by atoms with E-state index in [4.69, 9.17) is 5.73 Å². The quantitative estimate of drug-likeness (QED) is 0.885. The lowest BCUT2D eigenvalue weighted by Crippen LogP contribution is -2.13. The average molecular weight is 283 g/mol. The van der Waals surface area contributed by atoms with Gasteiger partial charge in [0.15, 0.2) is 0 Å². The number of carbonyl (C=O) groups excluding carboxylic acids is 1. The summed E-state index contributed by atoms with van der Waals surface area (Å²) in [5.74, 6) is 0.542. The summed E-state index contributed by atoms with van der Waals surface area (Å²) >= 11 is 0. The molecule has 0 fully saturated rings. The van der Waals surface area contributed by atoms with Crippen LogP contribution in [0.2, 0.25) is 0 Å². The lowest BCUT2D eigenvalue weighted by atomic mass is 10.1. The Hall–Kier alpha value is -2.36. The molecular weight excluding hydrogens is 262 g/mol. The van der Waals surface area contributed by atoms with Gasteiger partial charge in [-0.25, -0.2) is 4.98 Å². The molecule has 0 aliphatic rings. The summed E-state index contributed by atoms with van der Waals surface area (Å²) in [4.78, 5) is 16.1. The minimum absolute atomic E-state index is 0.0150. The zero-order chi connectivity index (χ0) is 15.2. The Labute approximate surface area is 125 Å². The highest BCUT2D eigenvalue weighted by atomic mass is 16.1. The number of anilines is 2. The molecule has 0 unspecified atom stereocenters. The van der Waals surface area contributed by atoms with Crippen molar-refractivity contribution >= 4 is 17.4 Å². The number of benzene rings is 1. The lowest BCUT2D eigenvalue weighted by molar-refractivity contribution is -0.116. The molecule has 0 radical (unpaired) electrons. The lowest BCUT2D eigenvalue weighted by Gasteiger charge is -2.07. The summed E-state index contributed by atoms with van der Waals surface area (Å²) in [7, 11) is 0. The summed E-state index contributed by atoms with van der Waals surface area (Å²) in [5, 5.41) is 2.80. The second-order valence-electron chi connectivity index (χ2n) is 5.26. The van der Waals surface area contributed by atoms with Crippen LogP contribution in [0.3, 0.4) is 0 Å². The van der Waals surface area contributed by atoms with Crippen LogP contribution in [0.1, 0.15) is 29.7 Å². The number of aromatic nitrogens is 1. The third-order valence-corrected chi connectivity index (χ3v) is 3.38. The molecule has 2 rings (SSSR count). The van der Waals surface area contributed by atoms with Gasteiger partial charge in [-0.3, -0.25) is 4.79 Å². The molecule has 0 spiro atoms. The van der Waals surface area contributed by atoms with Crippen molar-refractivity contribution in [3.63, 3.8) is 0 Å². The number of nitrogens with two attached hydrogens (primary N) is 1. The fourth-order valence-electron chi connectivity index (χ4n) is 2.05. The van der Waals surface area contributed by atoms with Crippen molar-refractivity contribution in [1.82, 2.24) is 4.98 Å². The second kappa shape index (κ2) is 6.88. The first-order chi connectivity index (χ1) is 10.0. The number of amides is 1. The number of nitrogens with one attached hydrogen (secondary N) is 1. The van der Waals surface area contributed by atoms with Crippen molar-refractivity contribution in [3.05, 3.63) is 53.2 Å². The number of hydrogen-bond donors (Lipinski definition) is 2. The second-order valence-corrected chi connectivity index (χ2v) is 5.26.